The molecular weight excluding hydrogens is 628 g/mol. The van der Waals surface area contributed by atoms with Crippen LogP contribution in [0.4, 0.5) is 0 Å². The molecule has 3 aromatic carbocycles. The monoisotopic (exact) mass is 668 g/mol. The maximum atomic E-state index is 14.1. The Morgan fingerprint density at radius 3 is 2.17 bits per heavy atom. The number of sulfone groups is 1. The summed E-state index contributed by atoms with van der Waals surface area (Å²) < 4.78 is 66.6. The number of nitrogens with zero attached hydrogens (tertiary/aromatic N) is 1. The molecule has 12 nitrogen and oxygen atoms in total. The molecule has 1 aromatic heterocycles. The van der Waals surface area contributed by atoms with Crippen molar-refractivity contribution in [3.63, 3.8) is 0 Å². The summed E-state index contributed by atoms with van der Waals surface area (Å²) in [6.07, 6.45) is 0.517. The summed E-state index contributed by atoms with van der Waals surface area (Å²) in [7, 11) is 3.90. The zero-order valence-electron chi connectivity index (χ0n) is 27.4. The summed E-state index contributed by atoms with van der Waals surface area (Å²) >= 11 is 0. The zero-order valence-corrected chi connectivity index (χ0v) is 28.2. The first-order valence-corrected chi connectivity index (χ1v) is 16.6. The Hall–Kier alpha value is -4.46. The van der Waals surface area contributed by atoms with E-state index in [1.165, 1.54) is 35.5 Å². The van der Waals surface area contributed by atoms with E-state index in [-0.39, 0.29) is 34.8 Å². The van der Waals surface area contributed by atoms with Gasteiger partial charge in [-0.2, -0.15) is 0 Å². The number of hydrogen-bond acceptors (Lipinski definition) is 12. The summed E-state index contributed by atoms with van der Waals surface area (Å²) in [5, 5.41) is 2.62. The van der Waals surface area contributed by atoms with Gasteiger partial charge in [-0.1, -0.05) is 17.7 Å². The lowest BCUT2D eigenvalue weighted by molar-refractivity contribution is 0.202. The maximum Gasteiger partial charge on any atom is 0.239 e. The molecule has 5 rings (SSSR count). The minimum Gasteiger partial charge on any atom is -0.496 e. The predicted octanol–water partition coefficient (Wildman–Crippen LogP) is 4.29. The van der Waals surface area contributed by atoms with Crippen LogP contribution in [0, 0.1) is 6.92 Å². The quantitative estimate of drug-likeness (QED) is 0.204. The second-order valence-corrected chi connectivity index (χ2v) is 13.1. The maximum absolute atomic E-state index is 14.1. The van der Waals surface area contributed by atoms with E-state index in [1.54, 1.807) is 48.5 Å². The average Bonchev–Trinajstić information content (AvgIpc) is 3.09. The molecule has 1 aliphatic heterocycles. The van der Waals surface area contributed by atoms with Crippen molar-refractivity contribution in [2.45, 2.75) is 23.6 Å². The molecule has 0 saturated carbocycles. The normalized spacial score (nSPS) is 15.3. The van der Waals surface area contributed by atoms with Gasteiger partial charge in [0.1, 0.15) is 27.8 Å². The third-order valence-electron chi connectivity index (χ3n) is 8.09. The SMILES string of the molecule is COc1cc(OC)c2c(=O)c(OCCCN3CCNC(S(=O)(=O)c4ccc(C)cc4)C3)c(-c3cc(OC)c(OC)c(OC)c3)oc2c1. The van der Waals surface area contributed by atoms with E-state index in [4.69, 9.17) is 32.8 Å². The highest BCUT2D eigenvalue weighted by Crippen LogP contribution is 2.44. The van der Waals surface area contributed by atoms with Gasteiger partial charge in [0.25, 0.3) is 0 Å². The van der Waals surface area contributed by atoms with Crippen molar-refractivity contribution in [2.75, 3.05) is 68.3 Å². The van der Waals surface area contributed by atoms with Crippen LogP contribution in [0.3, 0.4) is 0 Å². The fourth-order valence-electron chi connectivity index (χ4n) is 5.59. The first-order valence-electron chi connectivity index (χ1n) is 15.1. The van der Waals surface area contributed by atoms with Crippen LogP contribution in [0.25, 0.3) is 22.3 Å². The molecule has 1 fully saturated rings. The number of fused-ring (bicyclic) bond motifs is 1. The fourth-order valence-corrected chi connectivity index (χ4v) is 7.18. The van der Waals surface area contributed by atoms with Gasteiger partial charge in [0.05, 0.1) is 47.1 Å². The van der Waals surface area contributed by atoms with Crippen LogP contribution in [-0.2, 0) is 9.84 Å². The number of rotatable bonds is 13. The van der Waals surface area contributed by atoms with E-state index >= 15 is 0 Å². The number of piperazine rings is 1. The van der Waals surface area contributed by atoms with Crippen LogP contribution in [0.1, 0.15) is 12.0 Å². The van der Waals surface area contributed by atoms with Crippen LogP contribution in [-0.4, -0.2) is 87.0 Å². The van der Waals surface area contributed by atoms with E-state index in [0.29, 0.717) is 66.1 Å². The third kappa shape index (κ3) is 6.97. The minimum absolute atomic E-state index is 0.0182. The molecular formula is C34H40N2O10S. The molecule has 1 atom stereocenters. The Bertz CT molecular complexity index is 1870. The third-order valence-corrected chi connectivity index (χ3v) is 10.1. The zero-order chi connectivity index (χ0) is 33.7. The van der Waals surface area contributed by atoms with Gasteiger partial charge in [0.2, 0.25) is 16.9 Å². The van der Waals surface area contributed by atoms with Crippen molar-refractivity contribution < 1.29 is 41.3 Å². The standard InChI is InChI=1S/C34H40N2O10S/c1-21-8-10-24(11-9-21)47(38,39)29-20-36(14-12-35-29)13-7-15-45-34-31(37)30-25(41-3)18-23(40-2)19-26(30)46-32(34)22-16-27(42-4)33(44-6)28(17-22)43-5/h8-11,16-19,29,35H,7,12-15,20H2,1-6H3. The van der Waals surface area contributed by atoms with Crippen LogP contribution in [0.5, 0.6) is 34.5 Å². The highest BCUT2D eigenvalue weighted by atomic mass is 32.2. The van der Waals surface area contributed by atoms with Gasteiger partial charge >= 0.3 is 0 Å². The van der Waals surface area contributed by atoms with Gasteiger partial charge in [0.15, 0.2) is 27.1 Å². The van der Waals surface area contributed by atoms with E-state index in [9.17, 15) is 13.2 Å². The number of benzene rings is 3. The molecule has 0 spiro atoms. The largest absolute Gasteiger partial charge is 0.496 e. The predicted molar refractivity (Wildman–Crippen MR) is 177 cm³/mol. The Balaban J connectivity index is 1.42. The van der Waals surface area contributed by atoms with Crippen LogP contribution in [0.2, 0.25) is 0 Å². The first-order chi connectivity index (χ1) is 22.6. The molecule has 1 saturated heterocycles. The second-order valence-electron chi connectivity index (χ2n) is 11.0. The summed E-state index contributed by atoms with van der Waals surface area (Å²) in [6, 6.07) is 13.4. The summed E-state index contributed by atoms with van der Waals surface area (Å²) in [5.41, 5.74) is 1.26. The van der Waals surface area contributed by atoms with E-state index < -0.39 is 20.6 Å². The molecule has 1 unspecified atom stereocenters. The second kappa shape index (κ2) is 14.5. The molecule has 0 aliphatic carbocycles. The molecule has 0 amide bonds. The van der Waals surface area contributed by atoms with Gasteiger partial charge in [0, 0.05) is 43.9 Å². The number of methoxy groups -OCH3 is 5. The van der Waals surface area contributed by atoms with Crippen molar-refractivity contribution in [1.82, 2.24) is 10.2 Å². The smallest absolute Gasteiger partial charge is 0.239 e. The summed E-state index contributed by atoms with van der Waals surface area (Å²) in [5.74, 6) is 1.97. The van der Waals surface area contributed by atoms with Gasteiger partial charge in [-0.25, -0.2) is 8.42 Å². The highest BCUT2D eigenvalue weighted by molar-refractivity contribution is 7.92. The molecule has 252 valence electrons. The Labute approximate surface area is 274 Å². The molecule has 47 heavy (non-hydrogen) atoms. The van der Waals surface area contributed by atoms with Crippen molar-refractivity contribution in [3.8, 4) is 45.8 Å². The Kier molecular flexibility index (Phi) is 10.5. The van der Waals surface area contributed by atoms with Crippen LogP contribution in [0.15, 0.2) is 62.6 Å². The average molecular weight is 669 g/mol. The van der Waals surface area contributed by atoms with Crippen molar-refractivity contribution in [1.29, 1.82) is 0 Å². The van der Waals surface area contributed by atoms with E-state index in [0.717, 1.165) is 5.56 Å². The Morgan fingerprint density at radius 1 is 0.872 bits per heavy atom. The molecule has 2 heterocycles. The van der Waals surface area contributed by atoms with E-state index in [2.05, 4.69) is 10.2 Å². The Morgan fingerprint density at radius 2 is 1.55 bits per heavy atom. The highest BCUT2D eigenvalue weighted by Gasteiger charge is 2.32. The number of hydrogen-bond donors (Lipinski definition) is 1. The first kappa shape index (κ1) is 33.9. The minimum atomic E-state index is -3.56. The molecule has 4 aromatic rings. The van der Waals surface area contributed by atoms with Crippen LogP contribution < -0.4 is 39.2 Å². The van der Waals surface area contributed by atoms with Gasteiger partial charge in [-0.05, 0) is 37.6 Å². The topological polar surface area (TPSA) is 135 Å². The van der Waals surface area contributed by atoms with Gasteiger partial charge < -0.3 is 32.8 Å². The van der Waals surface area contributed by atoms with Gasteiger partial charge in [-0.15, -0.1) is 0 Å². The summed E-state index contributed by atoms with van der Waals surface area (Å²) in [4.78, 5) is 16.4. The molecule has 0 bridgehead atoms. The lowest BCUT2D eigenvalue weighted by atomic mass is 10.1. The molecule has 1 aliphatic rings. The number of ether oxygens (including phenoxy) is 6. The lowest BCUT2D eigenvalue weighted by Gasteiger charge is -2.33. The van der Waals surface area contributed by atoms with Crippen molar-refractivity contribution in [2.24, 2.45) is 0 Å². The lowest BCUT2D eigenvalue weighted by Crippen LogP contribution is -2.54. The molecule has 1 N–H and O–H groups in total. The number of aryl methyl sites for hydroxylation is 1. The molecule has 13 heteroatoms. The van der Waals surface area contributed by atoms with Gasteiger partial charge in [-0.3, -0.25) is 15.0 Å². The summed E-state index contributed by atoms with van der Waals surface area (Å²) in [6.45, 7) is 4.16. The number of nitrogens with one attached hydrogen (secondary N) is 1. The van der Waals surface area contributed by atoms with Crippen molar-refractivity contribution in [3.05, 3.63) is 64.3 Å². The van der Waals surface area contributed by atoms with E-state index in [1.807, 2.05) is 6.92 Å². The van der Waals surface area contributed by atoms with Crippen LogP contribution >= 0.6 is 0 Å². The molecule has 0 radical (unpaired) electrons. The fraction of sp³-hybridized carbons (Fsp3) is 0.382. The van der Waals surface area contributed by atoms with Crippen molar-refractivity contribution >= 4 is 20.8 Å².